The van der Waals surface area contributed by atoms with Gasteiger partial charge < -0.3 is 20.2 Å². The number of nitrogens with zero attached hydrogens (tertiary/aromatic N) is 9. The highest BCUT2D eigenvalue weighted by Gasteiger charge is 2.60. The van der Waals surface area contributed by atoms with Crippen molar-refractivity contribution in [2.75, 3.05) is 19.6 Å². The molecule has 6 rings (SSSR count). The quantitative estimate of drug-likeness (QED) is 0.349. The third-order valence-corrected chi connectivity index (χ3v) is 10.4. The fourth-order valence-corrected chi connectivity index (χ4v) is 8.34. The van der Waals surface area contributed by atoms with E-state index in [2.05, 4.69) is 31.0 Å². The Morgan fingerprint density at radius 1 is 1.19 bits per heavy atom. The standard InChI is InChI=1S/C26H34N10O5S/c1-14(9-17(37)12-34-13-28-31-32-34)20-21-15(2)23(22(26(40)41)35(21)25(20)39)42-18-10-19(27-11-18)24(38)33-7-3-16(4-8-33)36-29-5-6-30-36/h5-6,13-16,18-21,27H,3-4,7-12H2,1-2H3,(H,40,41)/t14-,15+,18-,19-,20+,21+/m0/s1. The first-order valence-electron chi connectivity index (χ1n) is 14.3. The molecule has 3 fully saturated rings. The minimum Gasteiger partial charge on any atom is -0.477 e. The first kappa shape index (κ1) is 28.5. The number of fused-ring (bicyclic) bond motifs is 1. The van der Waals surface area contributed by atoms with Crippen molar-refractivity contribution in [3.8, 4) is 0 Å². The average Bonchev–Trinajstić information content (AvgIpc) is 3.78. The number of hydrogen-bond donors (Lipinski definition) is 2. The van der Waals surface area contributed by atoms with E-state index in [9.17, 15) is 24.3 Å². The van der Waals surface area contributed by atoms with Gasteiger partial charge in [-0.15, -0.1) is 16.9 Å². The summed E-state index contributed by atoms with van der Waals surface area (Å²) in [5.41, 5.74) is 0.0371. The summed E-state index contributed by atoms with van der Waals surface area (Å²) in [6.45, 7) is 5.69. The molecule has 224 valence electrons. The van der Waals surface area contributed by atoms with Gasteiger partial charge >= 0.3 is 5.97 Å². The molecule has 2 N–H and O–H groups in total. The van der Waals surface area contributed by atoms with E-state index >= 15 is 0 Å². The third-order valence-electron chi connectivity index (χ3n) is 8.91. The molecule has 0 unspecified atom stereocenters. The molecule has 0 radical (unpaired) electrons. The second-order valence-electron chi connectivity index (χ2n) is 11.6. The van der Waals surface area contributed by atoms with E-state index in [1.54, 1.807) is 17.2 Å². The minimum atomic E-state index is -1.13. The zero-order chi connectivity index (χ0) is 29.5. The number of aromatic nitrogens is 7. The Labute approximate surface area is 246 Å². The number of thioether (sulfide) groups is 1. The molecule has 2 amide bonds. The molecule has 2 aromatic heterocycles. The van der Waals surface area contributed by atoms with E-state index in [1.807, 2.05) is 18.7 Å². The summed E-state index contributed by atoms with van der Waals surface area (Å²) in [5, 5.41) is 32.7. The number of carbonyl (C=O) groups is 4. The third kappa shape index (κ3) is 5.21. The Kier molecular flexibility index (Phi) is 7.83. The normalized spacial score (nSPS) is 28.6. The van der Waals surface area contributed by atoms with Crippen LogP contribution in [0.25, 0.3) is 0 Å². The number of amides is 2. The number of piperidine rings is 1. The summed E-state index contributed by atoms with van der Waals surface area (Å²) >= 11 is 1.47. The van der Waals surface area contributed by atoms with Gasteiger partial charge in [0.25, 0.3) is 0 Å². The lowest BCUT2D eigenvalue weighted by atomic mass is 9.73. The Morgan fingerprint density at radius 3 is 2.60 bits per heavy atom. The van der Waals surface area contributed by atoms with Gasteiger partial charge in [-0.2, -0.15) is 15.0 Å². The van der Waals surface area contributed by atoms with E-state index in [0.29, 0.717) is 31.0 Å². The Hall–Kier alpha value is -3.66. The highest BCUT2D eigenvalue weighted by atomic mass is 32.2. The molecule has 4 aliphatic rings. The molecule has 0 bridgehead atoms. The first-order valence-corrected chi connectivity index (χ1v) is 15.2. The van der Waals surface area contributed by atoms with Gasteiger partial charge in [0.15, 0.2) is 5.78 Å². The molecule has 42 heavy (non-hydrogen) atoms. The van der Waals surface area contributed by atoms with E-state index < -0.39 is 11.9 Å². The zero-order valence-electron chi connectivity index (χ0n) is 23.4. The predicted octanol–water partition coefficient (Wildman–Crippen LogP) is -0.0398. The number of carboxylic acids is 1. The summed E-state index contributed by atoms with van der Waals surface area (Å²) in [7, 11) is 0. The number of rotatable bonds is 10. The Balaban J connectivity index is 1.06. The van der Waals surface area contributed by atoms with Crippen LogP contribution in [0, 0.1) is 17.8 Å². The monoisotopic (exact) mass is 598 g/mol. The van der Waals surface area contributed by atoms with Crippen LogP contribution < -0.4 is 5.32 Å². The minimum absolute atomic E-state index is 0.000828. The van der Waals surface area contributed by atoms with E-state index in [-0.39, 0.29) is 71.5 Å². The molecule has 2 aromatic rings. The zero-order valence-corrected chi connectivity index (χ0v) is 24.3. The topological polar surface area (TPSA) is 181 Å². The maximum atomic E-state index is 13.3. The summed E-state index contributed by atoms with van der Waals surface area (Å²) in [4.78, 5) is 57.2. The van der Waals surface area contributed by atoms with Crippen molar-refractivity contribution in [3.05, 3.63) is 29.3 Å². The number of nitrogens with one attached hydrogen (secondary N) is 1. The molecule has 3 saturated heterocycles. The summed E-state index contributed by atoms with van der Waals surface area (Å²) < 4.78 is 1.34. The maximum Gasteiger partial charge on any atom is 0.353 e. The summed E-state index contributed by atoms with van der Waals surface area (Å²) in [6.07, 6.45) is 7.03. The SMILES string of the molecule is C[C@@H](CC(=O)Cn1cnnn1)[C@H]1C(=O)N2C(C(=O)O)=C(S[C@@H]3CN[C@H](C(=O)N4CCC(n5nccn5)CC4)C3)[C@H](C)[C@H]12. The number of aliphatic carboxylic acids is 1. The van der Waals surface area contributed by atoms with Gasteiger partial charge in [-0.05, 0) is 35.6 Å². The van der Waals surface area contributed by atoms with Gasteiger partial charge in [0, 0.05) is 42.1 Å². The number of ketones is 1. The second-order valence-corrected chi connectivity index (χ2v) is 12.9. The predicted molar refractivity (Wildman–Crippen MR) is 147 cm³/mol. The van der Waals surface area contributed by atoms with Crippen LogP contribution in [-0.2, 0) is 25.7 Å². The van der Waals surface area contributed by atoms with Gasteiger partial charge in [0.05, 0.1) is 36.4 Å². The van der Waals surface area contributed by atoms with Gasteiger partial charge in [0.1, 0.15) is 18.6 Å². The Bertz CT molecular complexity index is 1370. The number of hydrogen-bond acceptors (Lipinski definition) is 11. The number of carboxylic acid groups (broad SMARTS) is 1. The molecule has 0 aromatic carbocycles. The van der Waals surface area contributed by atoms with Crippen molar-refractivity contribution in [3.63, 3.8) is 0 Å². The molecule has 6 heterocycles. The molecule has 0 aliphatic carbocycles. The molecular weight excluding hydrogens is 564 g/mol. The summed E-state index contributed by atoms with van der Waals surface area (Å²) in [6, 6.07) is -0.442. The number of likely N-dealkylation sites (tertiary alicyclic amines) is 1. The van der Waals surface area contributed by atoms with Gasteiger partial charge in [-0.1, -0.05) is 13.8 Å². The van der Waals surface area contributed by atoms with E-state index in [1.165, 1.54) is 27.7 Å². The molecule has 0 saturated carbocycles. The molecule has 16 heteroatoms. The molecule has 6 atom stereocenters. The van der Waals surface area contributed by atoms with Crippen LogP contribution in [0.2, 0.25) is 0 Å². The highest BCUT2D eigenvalue weighted by Crippen LogP contribution is 2.53. The smallest absolute Gasteiger partial charge is 0.353 e. The molecule has 4 aliphatic heterocycles. The van der Waals surface area contributed by atoms with Crippen molar-refractivity contribution in [2.24, 2.45) is 17.8 Å². The summed E-state index contributed by atoms with van der Waals surface area (Å²) in [5.74, 6) is -2.30. The number of β-lactam (4-membered cyclic amide) rings is 1. The largest absolute Gasteiger partial charge is 0.477 e. The number of Topliss-reactive ketones (excluding diaryl/α,β-unsaturated/α-hetero) is 1. The lowest BCUT2D eigenvalue weighted by molar-refractivity contribution is -0.160. The fraction of sp³-hybridized carbons (Fsp3) is 0.654. The Morgan fingerprint density at radius 2 is 1.93 bits per heavy atom. The van der Waals surface area contributed by atoms with Crippen molar-refractivity contribution in [2.45, 2.75) is 69.5 Å². The van der Waals surface area contributed by atoms with Crippen molar-refractivity contribution < 1.29 is 24.3 Å². The second kappa shape index (κ2) is 11.6. The van der Waals surface area contributed by atoms with Gasteiger partial charge in [-0.3, -0.25) is 14.4 Å². The maximum absolute atomic E-state index is 13.3. The van der Waals surface area contributed by atoms with Crippen LogP contribution in [0.1, 0.15) is 45.6 Å². The lowest BCUT2D eigenvalue weighted by Gasteiger charge is -2.47. The fourth-order valence-electron chi connectivity index (χ4n) is 6.86. The van der Waals surface area contributed by atoms with Crippen molar-refractivity contribution in [1.82, 2.24) is 50.3 Å². The van der Waals surface area contributed by atoms with E-state index in [4.69, 9.17) is 0 Å². The molecule has 0 spiro atoms. The molecular formula is C26H34N10O5S. The first-order chi connectivity index (χ1) is 20.2. The van der Waals surface area contributed by atoms with Gasteiger partial charge in [0.2, 0.25) is 11.8 Å². The van der Waals surface area contributed by atoms with Gasteiger partial charge in [-0.25, -0.2) is 9.48 Å². The van der Waals surface area contributed by atoms with Crippen LogP contribution >= 0.6 is 11.8 Å². The van der Waals surface area contributed by atoms with Crippen molar-refractivity contribution >= 4 is 35.3 Å². The van der Waals surface area contributed by atoms with Crippen LogP contribution in [0.15, 0.2) is 29.3 Å². The lowest BCUT2D eigenvalue weighted by Crippen LogP contribution is -2.62. The number of tetrazole rings is 1. The van der Waals surface area contributed by atoms with Crippen LogP contribution in [-0.4, -0.2) is 111 Å². The van der Waals surface area contributed by atoms with Crippen LogP contribution in [0.4, 0.5) is 0 Å². The van der Waals surface area contributed by atoms with E-state index in [0.717, 1.165) is 12.8 Å². The van der Waals surface area contributed by atoms with Crippen LogP contribution in [0.3, 0.4) is 0 Å². The van der Waals surface area contributed by atoms with Crippen molar-refractivity contribution in [1.29, 1.82) is 0 Å². The highest BCUT2D eigenvalue weighted by molar-refractivity contribution is 8.03. The molecule has 15 nitrogen and oxygen atoms in total. The average molecular weight is 599 g/mol. The number of carbonyl (C=O) groups excluding carboxylic acids is 3. The van der Waals surface area contributed by atoms with Crippen LogP contribution in [0.5, 0.6) is 0 Å².